The minimum absolute atomic E-state index is 0.0624. The number of unbranched alkanes of at least 4 members (excludes halogenated alkanes) is 1. The molecule has 1 aromatic rings. The Morgan fingerprint density at radius 1 is 1.12 bits per heavy atom. The molecule has 1 aliphatic heterocycles. The van der Waals surface area contributed by atoms with Crippen LogP contribution in [0, 0.1) is 0 Å². The molecule has 2 rings (SSSR count). The zero-order chi connectivity index (χ0) is 18.2. The van der Waals surface area contributed by atoms with E-state index in [9.17, 15) is 9.59 Å². The Morgan fingerprint density at radius 3 is 2.32 bits per heavy atom. The minimum atomic E-state index is -0.127. The van der Waals surface area contributed by atoms with Gasteiger partial charge < -0.3 is 20.0 Å². The number of amides is 2. The van der Waals surface area contributed by atoms with Gasteiger partial charge in [0, 0.05) is 51.0 Å². The lowest BCUT2D eigenvalue weighted by Crippen LogP contribution is -2.44. The number of hydrogen-bond acceptors (Lipinski definition) is 4. The van der Waals surface area contributed by atoms with Gasteiger partial charge in [-0.15, -0.1) is 0 Å². The topological polar surface area (TPSA) is 55.9 Å². The second-order valence-electron chi connectivity index (χ2n) is 6.62. The van der Waals surface area contributed by atoms with Crippen LogP contribution >= 0.6 is 0 Å². The van der Waals surface area contributed by atoms with Gasteiger partial charge in [0.25, 0.3) is 0 Å². The summed E-state index contributed by atoms with van der Waals surface area (Å²) in [5.74, 6) is -0.246. The maximum atomic E-state index is 12.0. The number of piperazine rings is 1. The summed E-state index contributed by atoms with van der Waals surface area (Å²) in [4.78, 5) is 30.2. The number of nitrogens with zero attached hydrogens (tertiary/aromatic N) is 3. The Kier molecular flexibility index (Phi) is 7.25. The molecule has 1 saturated heterocycles. The molecule has 2 amide bonds. The summed E-state index contributed by atoms with van der Waals surface area (Å²) in [5.41, 5.74) is 1.92. The second-order valence-corrected chi connectivity index (χ2v) is 6.62. The Morgan fingerprint density at radius 2 is 1.76 bits per heavy atom. The fourth-order valence-electron chi connectivity index (χ4n) is 2.90. The van der Waals surface area contributed by atoms with Crippen LogP contribution in [0.3, 0.4) is 0 Å². The highest BCUT2D eigenvalue weighted by Gasteiger charge is 2.17. The average Bonchev–Trinajstić information content (AvgIpc) is 2.60. The van der Waals surface area contributed by atoms with Crippen molar-refractivity contribution in [1.82, 2.24) is 10.2 Å². The van der Waals surface area contributed by atoms with E-state index in [-0.39, 0.29) is 18.4 Å². The summed E-state index contributed by atoms with van der Waals surface area (Å²) in [6.45, 7) is 8.41. The number of likely N-dealkylation sites (N-methyl/N-ethyl adjacent to an activating group) is 1. The molecule has 0 aliphatic carbocycles. The molecular weight excluding hydrogens is 316 g/mol. The van der Waals surface area contributed by atoms with E-state index in [0.29, 0.717) is 6.54 Å². The van der Waals surface area contributed by atoms with Gasteiger partial charge in [0.15, 0.2) is 0 Å². The van der Waals surface area contributed by atoms with E-state index in [1.54, 1.807) is 0 Å². The van der Waals surface area contributed by atoms with Crippen molar-refractivity contribution in [1.29, 1.82) is 0 Å². The molecule has 1 fully saturated rings. The van der Waals surface area contributed by atoms with Crippen LogP contribution in [0.4, 0.5) is 11.4 Å². The maximum Gasteiger partial charge on any atom is 0.240 e. The van der Waals surface area contributed by atoms with Crippen molar-refractivity contribution in [2.75, 3.05) is 56.1 Å². The Balaban J connectivity index is 1.99. The highest BCUT2D eigenvalue weighted by Crippen LogP contribution is 2.22. The van der Waals surface area contributed by atoms with Crippen LogP contribution in [-0.4, -0.2) is 63.0 Å². The van der Waals surface area contributed by atoms with Gasteiger partial charge in [0.1, 0.15) is 6.54 Å². The van der Waals surface area contributed by atoms with Crippen LogP contribution in [-0.2, 0) is 9.59 Å². The fraction of sp³-hybridized carbons (Fsp3) is 0.579. The fourth-order valence-corrected chi connectivity index (χ4v) is 2.90. The van der Waals surface area contributed by atoms with E-state index in [2.05, 4.69) is 29.1 Å². The molecule has 0 unspecified atom stereocenters. The summed E-state index contributed by atoms with van der Waals surface area (Å²) in [6, 6.07) is 7.92. The van der Waals surface area contributed by atoms with E-state index in [1.165, 1.54) is 11.8 Å². The molecular formula is C19H30N4O2. The monoisotopic (exact) mass is 346 g/mol. The molecule has 0 saturated carbocycles. The van der Waals surface area contributed by atoms with Crippen molar-refractivity contribution >= 4 is 23.2 Å². The van der Waals surface area contributed by atoms with Gasteiger partial charge in [-0.25, -0.2) is 0 Å². The molecule has 6 nitrogen and oxygen atoms in total. The van der Waals surface area contributed by atoms with Crippen molar-refractivity contribution in [2.45, 2.75) is 26.7 Å². The smallest absolute Gasteiger partial charge is 0.240 e. The summed E-state index contributed by atoms with van der Waals surface area (Å²) < 4.78 is 0. The highest BCUT2D eigenvalue weighted by atomic mass is 16.2. The predicted molar refractivity (Wildman–Crippen MR) is 102 cm³/mol. The second kappa shape index (κ2) is 9.42. The van der Waals surface area contributed by atoms with Gasteiger partial charge in [-0.3, -0.25) is 9.59 Å². The van der Waals surface area contributed by atoms with Gasteiger partial charge >= 0.3 is 0 Å². The lowest BCUT2D eigenvalue weighted by Gasteiger charge is -2.34. The first-order chi connectivity index (χ1) is 12.0. The number of carbonyl (C=O) groups excluding carboxylic acids is 2. The Bertz CT molecular complexity index is 565. The lowest BCUT2D eigenvalue weighted by atomic mass is 10.2. The van der Waals surface area contributed by atoms with Gasteiger partial charge in [0.05, 0.1) is 0 Å². The van der Waals surface area contributed by atoms with Crippen molar-refractivity contribution in [3.05, 3.63) is 24.3 Å². The molecule has 1 heterocycles. The van der Waals surface area contributed by atoms with Crippen molar-refractivity contribution in [2.24, 2.45) is 0 Å². The third kappa shape index (κ3) is 5.74. The van der Waals surface area contributed by atoms with Gasteiger partial charge in [-0.05, 0) is 37.7 Å². The number of carbonyl (C=O) groups is 2. The normalized spacial score (nSPS) is 15.1. The first kappa shape index (κ1) is 19.2. The van der Waals surface area contributed by atoms with E-state index in [0.717, 1.165) is 50.4 Å². The summed E-state index contributed by atoms with van der Waals surface area (Å²) >= 11 is 0. The van der Waals surface area contributed by atoms with Crippen LogP contribution in [0.2, 0.25) is 0 Å². The summed E-state index contributed by atoms with van der Waals surface area (Å²) in [6.07, 6.45) is 1.98. The van der Waals surface area contributed by atoms with E-state index in [1.807, 2.05) is 24.3 Å². The molecule has 6 heteroatoms. The number of benzene rings is 1. The van der Waals surface area contributed by atoms with Gasteiger partial charge in [-0.1, -0.05) is 13.3 Å². The van der Waals surface area contributed by atoms with E-state index in [4.69, 9.17) is 0 Å². The molecule has 25 heavy (non-hydrogen) atoms. The highest BCUT2D eigenvalue weighted by molar-refractivity contribution is 5.97. The zero-order valence-corrected chi connectivity index (χ0v) is 15.6. The lowest BCUT2D eigenvalue weighted by molar-refractivity contribution is -0.123. The molecule has 1 aliphatic rings. The molecule has 0 bridgehead atoms. The van der Waals surface area contributed by atoms with Crippen LogP contribution < -0.4 is 15.1 Å². The molecule has 0 radical (unpaired) electrons. The van der Waals surface area contributed by atoms with E-state index >= 15 is 0 Å². The molecule has 0 aromatic heterocycles. The van der Waals surface area contributed by atoms with Crippen molar-refractivity contribution < 1.29 is 9.59 Å². The Labute approximate surface area is 150 Å². The predicted octanol–water partition coefficient (Wildman–Crippen LogP) is 1.71. The molecule has 0 atom stereocenters. The maximum absolute atomic E-state index is 12.0. The van der Waals surface area contributed by atoms with Gasteiger partial charge in [-0.2, -0.15) is 0 Å². The molecule has 0 spiro atoms. The molecule has 138 valence electrons. The third-order valence-electron chi connectivity index (χ3n) is 4.56. The standard InChI is InChI=1S/C19H30N4O2/c1-4-5-10-20-19(25)15-23(16(2)24)18-8-6-17(7-9-18)22-13-11-21(3)12-14-22/h6-9H,4-5,10-15H2,1-3H3,(H,20,25). The Hall–Kier alpha value is -2.08. The number of nitrogens with one attached hydrogen (secondary N) is 1. The number of anilines is 2. The van der Waals surface area contributed by atoms with Crippen LogP contribution in [0.5, 0.6) is 0 Å². The van der Waals surface area contributed by atoms with E-state index < -0.39 is 0 Å². The number of hydrogen-bond donors (Lipinski definition) is 1. The third-order valence-corrected chi connectivity index (χ3v) is 4.56. The van der Waals surface area contributed by atoms with Gasteiger partial charge in [0.2, 0.25) is 11.8 Å². The first-order valence-electron chi connectivity index (χ1n) is 9.09. The summed E-state index contributed by atoms with van der Waals surface area (Å²) in [5, 5.41) is 2.86. The molecule has 1 N–H and O–H groups in total. The van der Waals surface area contributed by atoms with Crippen LogP contribution in [0.25, 0.3) is 0 Å². The minimum Gasteiger partial charge on any atom is -0.369 e. The first-order valence-corrected chi connectivity index (χ1v) is 9.09. The van der Waals surface area contributed by atoms with Crippen molar-refractivity contribution in [3.63, 3.8) is 0 Å². The SMILES string of the molecule is CCCCNC(=O)CN(C(C)=O)c1ccc(N2CCN(C)CC2)cc1. The average molecular weight is 346 g/mol. The largest absolute Gasteiger partial charge is 0.369 e. The van der Waals surface area contributed by atoms with Crippen LogP contribution in [0.1, 0.15) is 26.7 Å². The summed E-state index contributed by atoms with van der Waals surface area (Å²) in [7, 11) is 2.14. The zero-order valence-electron chi connectivity index (χ0n) is 15.6. The number of rotatable bonds is 7. The molecule has 1 aromatic carbocycles. The quantitative estimate of drug-likeness (QED) is 0.764. The van der Waals surface area contributed by atoms with Crippen molar-refractivity contribution in [3.8, 4) is 0 Å². The van der Waals surface area contributed by atoms with Crippen LogP contribution in [0.15, 0.2) is 24.3 Å².